The maximum absolute atomic E-state index is 13.5. The molecule has 1 aliphatic heterocycles. The molecule has 3 aromatic rings. The molecule has 3 amide bonds. The molecule has 0 aliphatic carbocycles. The number of methoxy groups -OCH3 is 1. The molecular weight excluding hydrogens is 494 g/mol. The van der Waals surface area contributed by atoms with Gasteiger partial charge in [0.05, 0.1) is 31.0 Å². The molecule has 1 aliphatic rings. The van der Waals surface area contributed by atoms with Gasteiger partial charge in [0.1, 0.15) is 5.75 Å². The van der Waals surface area contributed by atoms with Gasteiger partial charge in [-0.2, -0.15) is 0 Å². The van der Waals surface area contributed by atoms with Crippen LogP contribution < -0.4 is 15.4 Å². The minimum atomic E-state index is -0.779. The summed E-state index contributed by atoms with van der Waals surface area (Å²) in [6, 6.07) is 22.3. The number of carbonyl (C=O) groups is 3. The van der Waals surface area contributed by atoms with Crippen LogP contribution in [0.4, 0.5) is 10.5 Å². The minimum Gasteiger partial charge on any atom is -0.497 e. The molecule has 0 radical (unpaired) electrons. The van der Waals surface area contributed by atoms with Crippen LogP contribution in [0.5, 0.6) is 5.75 Å². The Morgan fingerprint density at radius 2 is 1.74 bits per heavy atom. The van der Waals surface area contributed by atoms with Crippen molar-refractivity contribution < 1.29 is 23.9 Å². The summed E-state index contributed by atoms with van der Waals surface area (Å²) in [5, 5.41) is 5.91. The fraction of sp³-hybridized carbons (Fsp3) is 0.258. The second kappa shape index (κ2) is 12.8. The highest BCUT2D eigenvalue weighted by Gasteiger charge is 2.38. The number of ether oxygens (including phenoxy) is 2. The fourth-order valence-electron chi connectivity index (χ4n) is 4.53. The van der Waals surface area contributed by atoms with E-state index in [2.05, 4.69) is 10.6 Å². The Morgan fingerprint density at radius 3 is 2.46 bits per heavy atom. The Hall–Kier alpha value is -4.59. The zero-order chi connectivity index (χ0) is 27.8. The molecule has 1 atom stereocenters. The molecule has 39 heavy (non-hydrogen) atoms. The lowest BCUT2D eigenvalue weighted by Gasteiger charge is -2.37. The third kappa shape index (κ3) is 6.29. The summed E-state index contributed by atoms with van der Waals surface area (Å²) >= 11 is 0. The summed E-state index contributed by atoms with van der Waals surface area (Å²) in [6.07, 6.45) is 1.66. The van der Waals surface area contributed by atoms with Crippen LogP contribution in [0, 0.1) is 0 Å². The van der Waals surface area contributed by atoms with Crippen LogP contribution in [0.2, 0.25) is 0 Å². The third-order valence-corrected chi connectivity index (χ3v) is 6.41. The van der Waals surface area contributed by atoms with Gasteiger partial charge < -0.3 is 20.1 Å². The standard InChI is InChI=1S/C31H33N3O5/c1-4-6-18-34-28(21-12-8-7-9-13-21)26(30(36)39-5-2)27(33-31(34)37)22-14-10-16-24(19-22)32-29(35)23-15-11-17-25(20-23)38-3/h7-17,19-20,27H,4-6,18H2,1-3H3,(H,32,35)(H,33,37)/t27-/m1/s1. The molecule has 3 aromatic carbocycles. The lowest BCUT2D eigenvalue weighted by Crippen LogP contribution is -2.48. The summed E-state index contributed by atoms with van der Waals surface area (Å²) in [6.45, 7) is 4.45. The zero-order valence-corrected chi connectivity index (χ0v) is 22.4. The lowest BCUT2D eigenvalue weighted by molar-refractivity contribution is -0.138. The van der Waals surface area contributed by atoms with Gasteiger partial charge in [-0.05, 0) is 54.8 Å². The highest BCUT2D eigenvalue weighted by molar-refractivity contribution is 6.06. The first-order chi connectivity index (χ1) is 19.0. The number of hydrogen-bond donors (Lipinski definition) is 2. The van der Waals surface area contributed by atoms with Crippen LogP contribution in [0.1, 0.15) is 54.2 Å². The molecule has 0 aromatic heterocycles. The zero-order valence-electron chi connectivity index (χ0n) is 22.4. The number of anilines is 1. The van der Waals surface area contributed by atoms with Crippen LogP contribution in [0.25, 0.3) is 5.70 Å². The molecule has 1 heterocycles. The van der Waals surface area contributed by atoms with Gasteiger partial charge in [-0.3, -0.25) is 9.69 Å². The molecule has 8 nitrogen and oxygen atoms in total. The smallest absolute Gasteiger partial charge is 0.338 e. The second-order valence-electron chi connectivity index (χ2n) is 9.05. The number of esters is 1. The molecule has 4 rings (SSSR count). The first kappa shape index (κ1) is 27.4. The summed E-state index contributed by atoms with van der Waals surface area (Å²) in [5.74, 6) is -0.240. The molecule has 202 valence electrons. The molecule has 2 N–H and O–H groups in total. The molecule has 0 saturated carbocycles. The van der Waals surface area contributed by atoms with Crippen LogP contribution in [-0.4, -0.2) is 43.1 Å². The van der Waals surface area contributed by atoms with E-state index in [0.29, 0.717) is 40.4 Å². The van der Waals surface area contributed by atoms with Crippen molar-refractivity contribution in [2.75, 3.05) is 25.6 Å². The van der Waals surface area contributed by atoms with Crippen LogP contribution in [0.15, 0.2) is 84.4 Å². The van der Waals surface area contributed by atoms with E-state index >= 15 is 0 Å². The number of amides is 3. The average Bonchev–Trinajstić information content (AvgIpc) is 2.96. The number of nitrogens with one attached hydrogen (secondary N) is 2. The molecule has 0 bridgehead atoms. The van der Waals surface area contributed by atoms with Crippen molar-refractivity contribution in [1.29, 1.82) is 0 Å². The van der Waals surface area contributed by atoms with E-state index in [-0.39, 0.29) is 18.5 Å². The van der Waals surface area contributed by atoms with E-state index < -0.39 is 12.0 Å². The van der Waals surface area contributed by atoms with E-state index in [1.165, 1.54) is 0 Å². The number of urea groups is 1. The maximum atomic E-state index is 13.5. The van der Waals surface area contributed by atoms with E-state index in [1.54, 1.807) is 61.4 Å². The van der Waals surface area contributed by atoms with Crippen molar-refractivity contribution in [2.24, 2.45) is 0 Å². The average molecular weight is 528 g/mol. The SMILES string of the molecule is CCCCN1C(=O)N[C@H](c2cccc(NC(=O)c3cccc(OC)c3)c2)C(C(=O)OCC)=C1c1ccccc1. The van der Waals surface area contributed by atoms with Crippen molar-refractivity contribution >= 4 is 29.3 Å². The van der Waals surface area contributed by atoms with Crippen molar-refractivity contribution in [3.63, 3.8) is 0 Å². The Morgan fingerprint density at radius 1 is 0.974 bits per heavy atom. The van der Waals surface area contributed by atoms with Gasteiger partial charge in [-0.25, -0.2) is 9.59 Å². The van der Waals surface area contributed by atoms with Gasteiger partial charge in [0.2, 0.25) is 0 Å². The maximum Gasteiger partial charge on any atom is 0.338 e. The largest absolute Gasteiger partial charge is 0.497 e. The van der Waals surface area contributed by atoms with Gasteiger partial charge in [-0.15, -0.1) is 0 Å². The minimum absolute atomic E-state index is 0.191. The monoisotopic (exact) mass is 527 g/mol. The predicted octanol–water partition coefficient (Wildman–Crippen LogP) is 5.79. The molecule has 0 spiro atoms. The Balaban J connectivity index is 1.77. The number of unbranched alkanes of at least 4 members (excludes halogenated alkanes) is 1. The molecule has 0 saturated heterocycles. The topological polar surface area (TPSA) is 97.0 Å². The Kier molecular flexibility index (Phi) is 8.99. The van der Waals surface area contributed by atoms with Crippen LogP contribution in [0.3, 0.4) is 0 Å². The van der Waals surface area contributed by atoms with Gasteiger partial charge in [-0.1, -0.05) is 61.9 Å². The fourth-order valence-corrected chi connectivity index (χ4v) is 4.53. The Bertz CT molecular complexity index is 1370. The third-order valence-electron chi connectivity index (χ3n) is 6.41. The molecule has 0 fully saturated rings. The van der Waals surface area contributed by atoms with Gasteiger partial charge in [0.25, 0.3) is 5.91 Å². The predicted molar refractivity (Wildman–Crippen MR) is 150 cm³/mol. The van der Waals surface area contributed by atoms with E-state index in [9.17, 15) is 14.4 Å². The summed E-state index contributed by atoms with van der Waals surface area (Å²) < 4.78 is 10.7. The number of benzene rings is 3. The van der Waals surface area contributed by atoms with E-state index in [4.69, 9.17) is 9.47 Å². The van der Waals surface area contributed by atoms with E-state index in [1.807, 2.05) is 43.3 Å². The van der Waals surface area contributed by atoms with E-state index in [0.717, 1.165) is 18.4 Å². The summed E-state index contributed by atoms with van der Waals surface area (Å²) in [4.78, 5) is 41.5. The molecule has 8 heteroatoms. The lowest BCUT2D eigenvalue weighted by atomic mass is 9.91. The number of carbonyl (C=O) groups excluding carboxylic acids is 3. The Labute approximate surface area is 228 Å². The second-order valence-corrected chi connectivity index (χ2v) is 9.05. The van der Waals surface area contributed by atoms with Gasteiger partial charge >= 0.3 is 12.0 Å². The van der Waals surface area contributed by atoms with Gasteiger partial charge in [0.15, 0.2) is 0 Å². The first-order valence-corrected chi connectivity index (χ1v) is 13.1. The van der Waals surface area contributed by atoms with Crippen molar-refractivity contribution in [3.8, 4) is 5.75 Å². The first-order valence-electron chi connectivity index (χ1n) is 13.1. The van der Waals surface area contributed by atoms with Crippen molar-refractivity contribution in [1.82, 2.24) is 10.2 Å². The normalized spacial score (nSPS) is 15.0. The van der Waals surface area contributed by atoms with Crippen LogP contribution >= 0.6 is 0 Å². The number of nitrogens with zero attached hydrogens (tertiary/aromatic N) is 1. The highest BCUT2D eigenvalue weighted by Crippen LogP contribution is 2.37. The molecule has 0 unspecified atom stereocenters. The van der Waals surface area contributed by atoms with Crippen LogP contribution in [-0.2, 0) is 9.53 Å². The number of hydrogen-bond acceptors (Lipinski definition) is 5. The summed E-state index contributed by atoms with van der Waals surface area (Å²) in [7, 11) is 1.54. The van der Waals surface area contributed by atoms with Crippen molar-refractivity contribution in [2.45, 2.75) is 32.7 Å². The van der Waals surface area contributed by atoms with Crippen molar-refractivity contribution in [3.05, 3.63) is 101 Å². The molecular formula is C31H33N3O5. The highest BCUT2D eigenvalue weighted by atomic mass is 16.5. The summed E-state index contributed by atoms with van der Waals surface area (Å²) in [5.41, 5.74) is 3.22. The number of rotatable bonds is 10. The van der Waals surface area contributed by atoms with Gasteiger partial charge in [0, 0.05) is 17.8 Å². The quantitative estimate of drug-likeness (QED) is 0.326.